The lowest BCUT2D eigenvalue weighted by molar-refractivity contribution is -0.106. The highest BCUT2D eigenvalue weighted by atomic mass is 16.1. The molecule has 0 aliphatic rings. The van der Waals surface area contributed by atoms with Crippen molar-refractivity contribution >= 4 is 6.41 Å². The minimum Gasteiger partial charge on any atom is -0.277 e. The molecule has 1 rings (SSSR count). The van der Waals surface area contributed by atoms with Crippen LogP contribution in [-0.2, 0) is 11.2 Å². The summed E-state index contributed by atoms with van der Waals surface area (Å²) in [5.74, 6) is 0. The fourth-order valence-corrected chi connectivity index (χ4v) is 0.676. The Balaban J connectivity index is 2.67. The van der Waals surface area contributed by atoms with Crippen molar-refractivity contribution < 1.29 is 4.79 Å². The molecule has 10 heavy (non-hydrogen) atoms. The van der Waals surface area contributed by atoms with Crippen LogP contribution in [0.3, 0.4) is 0 Å². The normalized spacial score (nSPS) is 9.30. The van der Waals surface area contributed by atoms with Gasteiger partial charge >= 0.3 is 0 Å². The van der Waals surface area contributed by atoms with E-state index in [-0.39, 0.29) is 0 Å². The highest BCUT2D eigenvalue weighted by Gasteiger charge is 1.92. The fourth-order valence-electron chi connectivity index (χ4n) is 0.676. The maximum Gasteiger partial charge on any atom is 0.227 e. The van der Waals surface area contributed by atoms with E-state index in [1.807, 2.05) is 13.0 Å². The number of hydrogen-bond donors (Lipinski definition) is 1. The maximum atomic E-state index is 9.90. The number of hydrogen-bond acceptors (Lipinski definition) is 2. The van der Waals surface area contributed by atoms with Crippen LogP contribution in [-0.4, -0.2) is 16.3 Å². The van der Waals surface area contributed by atoms with Crippen molar-refractivity contribution in [3.05, 3.63) is 18.0 Å². The second-order valence-corrected chi connectivity index (χ2v) is 1.85. The van der Waals surface area contributed by atoms with E-state index in [9.17, 15) is 4.79 Å². The van der Waals surface area contributed by atoms with E-state index in [1.165, 1.54) is 4.79 Å². The maximum absolute atomic E-state index is 9.90. The number of amides is 1. The minimum atomic E-state index is 0.590. The summed E-state index contributed by atoms with van der Waals surface area (Å²) >= 11 is 0. The van der Waals surface area contributed by atoms with E-state index in [0.717, 1.165) is 12.1 Å². The number of carbonyl (C=O) groups is 1. The smallest absolute Gasteiger partial charge is 0.227 e. The van der Waals surface area contributed by atoms with E-state index >= 15 is 0 Å². The molecule has 0 saturated carbocycles. The van der Waals surface area contributed by atoms with Crippen molar-refractivity contribution in [3.8, 4) is 0 Å². The zero-order valence-corrected chi connectivity index (χ0v) is 5.74. The molecule has 0 radical (unpaired) electrons. The Hall–Kier alpha value is -1.32. The second kappa shape index (κ2) is 3.00. The molecule has 0 aromatic carbocycles. The average Bonchev–Trinajstić information content (AvgIpc) is 2.37. The predicted molar refractivity (Wildman–Crippen MR) is 37.0 cm³/mol. The van der Waals surface area contributed by atoms with Crippen LogP contribution < -0.4 is 5.43 Å². The summed E-state index contributed by atoms with van der Waals surface area (Å²) in [4.78, 5) is 11.3. The number of rotatable bonds is 3. The minimum absolute atomic E-state index is 0.590. The molecule has 0 saturated heterocycles. The molecular formula is C6H9N3O. The van der Waals surface area contributed by atoms with Gasteiger partial charge in [0.2, 0.25) is 6.41 Å². The van der Waals surface area contributed by atoms with E-state index in [0.29, 0.717) is 6.41 Å². The third-order valence-corrected chi connectivity index (χ3v) is 1.19. The highest BCUT2D eigenvalue weighted by molar-refractivity contribution is 5.56. The van der Waals surface area contributed by atoms with Gasteiger partial charge in [-0.15, -0.1) is 0 Å². The first-order valence-electron chi connectivity index (χ1n) is 3.11. The fraction of sp³-hybridized carbons (Fsp3) is 0.333. The van der Waals surface area contributed by atoms with Gasteiger partial charge in [-0.05, 0) is 12.5 Å². The van der Waals surface area contributed by atoms with Gasteiger partial charge in [-0.3, -0.25) is 4.79 Å². The molecule has 1 heterocycles. The molecule has 0 spiro atoms. The van der Waals surface area contributed by atoms with Crippen molar-refractivity contribution in [1.29, 1.82) is 0 Å². The quantitative estimate of drug-likeness (QED) is 0.606. The molecule has 1 amide bonds. The van der Waals surface area contributed by atoms with E-state index in [1.54, 1.807) is 6.20 Å². The van der Waals surface area contributed by atoms with Gasteiger partial charge in [0.25, 0.3) is 0 Å². The van der Waals surface area contributed by atoms with Crippen LogP contribution in [0.15, 0.2) is 12.3 Å². The Kier molecular flexibility index (Phi) is 2.04. The van der Waals surface area contributed by atoms with Crippen molar-refractivity contribution in [1.82, 2.24) is 9.89 Å². The standard InChI is InChI=1S/C6H9N3O/c1-2-6-3-4-9(8-6)7-5-10/h3-5H,2H2,1H3,(H,7,10). The Morgan fingerprint density at radius 3 is 3.20 bits per heavy atom. The molecule has 1 aromatic rings. The summed E-state index contributed by atoms with van der Waals surface area (Å²) in [5.41, 5.74) is 3.35. The van der Waals surface area contributed by atoms with Gasteiger partial charge < -0.3 is 0 Å². The summed E-state index contributed by atoms with van der Waals surface area (Å²) < 4.78 is 0. The zero-order chi connectivity index (χ0) is 7.40. The largest absolute Gasteiger partial charge is 0.277 e. The van der Waals surface area contributed by atoms with Crippen molar-refractivity contribution in [3.63, 3.8) is 0 Å². The van der Waals surface area contributed by atoms with Crippen LogP contribution in [0.2, 0.25) is 0 Å². The lowest BCUT2D eigenvalue weighted by atomic mass is 10.4. The molecule has 0 unspecified atom stereocenters. The van der Waals surface area contributed by atoms with Crippen molar-refractivity contribution in [2.45, 2.75) is 13.3 Å². The van der Waals surface area contributed by atoms with Crippen LogP contribution in [0.4, 0.5) is 0 Å². The number of aryl methyl sites for hydroxylation is 1. The number of aromatic nitrogens is 2. The Labute approximate surface area is 58.8 Å². The van der Waals surface area contributed by atoms with E-state index in [2.05, 4.69) is 10.5 Å². The van der Waals surface area contributed by atoms with Crippen molar-refractivity contribution in [2.75, 3.05) is 5.43 Å². The van der Waals surface area contributed by atoms with Crippen LogP contribution >= 0.6 is 0 Å². The summed E-state index contributed by atoms with van der Waals surface area (Å²) in [6, 6.07) is 1.86. The van der Waals surface area contributed by atoms with Crippen LogP contribution in [0, 0.1) is 0 Å². The zero-order valence-electron chi connectivity index (χ0n) is 5.74. The molecule has 0 aliphatic carbocycles. The summed E-state index contributed by atoms with van der Waals surface area (Å²) in [6.07, 6.45) is 3.17. The number of nitrogens with one attached hydrogen (secondary N) is 1. The number of nitrogens with zero attached hydrogens (tertiary/aromatic N) is 2. The first-order valence-corrected chi connectivity index (χ1v) is 3.11. The molecule has 1 N–H and O–H groups in total. The lowest BCUT2D eigenvalue weighted by Crippen LogP contribution is -2.12. The SMILES string of the molecule is CCc1ccn(NC=O)n1. The lowest BCUT2D eigenvalue weighted by Gasteiger charge is -1.93. The van der Waals surface area contributed by atoms with Crippen LogP contribution in [0.1, 0.15) is 12.6 Å². The van der Waals surface area contributed by atoms with Gasteiger partial charge in [0.05, 0.1) is 5.69 Å². The van der Waals surface area contributed by atoms with Gasteiger partial charge in [-0.25, -0.2) is 5.43 Å². The third-order valence-electron chi connectivity index (χ3n) is 1.19. The van der Waals surface area contributed by atoms with Gasteiger partial charge in [0.15, 0.2) is 0 Å². The molecule has 0 fully saturated rings. The Morgan fingerprint density at radius 2 is 2.70 bits per heavy atom. The summed E-state index contributed by atoms with van der Waals surface area (Å²) in [7, 11) is 0. The van der Waals surface area contributed by atoms with E-state index < -0.39 is 0 Å². The molecule has 0 bridgehead atoms. The molecule has 54 valence electrons. The number of carbonyl (C=O) groups excluding carboxylic acids is 1. The first kappa shape index (κ1) is 6.80. The van der Waals surface area contributed by atoms with Gasteiger partial charge in [0, 0.05) is 6.20 Å². The Morgan fingerprint density at radius 1 is 1.90 bits per heavy atom. The molecule has 4 heteroatoms. The van der Waals surface area contributed by atoms with Gasteiger partial charge in [-0.2, -0.15) is 9.89 Å². The monoisotopic (exact) mass is 139 g/mol. The molecule has 0 aliphatic heterocycles. The van der Waals surface area contributed by atoms with Crippen LogP contribution in [0.25, 0.3) is 0 Å². The predicted octanol–water partition coefficient (Wildman–Crippen LogP) is 0.145. The average molecular weight is 139 g/mol. The molecule has 1 aromatic heterocycles. The second-order valence-electron chi connectivity index (χ2n) is 1.85. The van der Waals surface area contributed by atoms with Crippen molar-refractivity contribution in [2.24, 2.45) is 0 Å². The third kappa shape index (κ3) is 1.34. The van der Waals surface area contributed by atoms with Gasteiger partial charge in [-0.1, -0.05) is 6.92 Å². The summed E-state index contributed by atoms with van der Waals surface area (Å²) in [5, 5.41) is 3.99. The molecule has 4 nitrogen and oxygen atoms in total. The molecular weight excluding hydrogens is 130 g/mol. The topological polar surface area (TPSA) is 46.9 Å². The van der Waals surface area contributed by atoms with E-state index in [4.69, 9.17) is 0 Å². The highest BCUT2D eigenvalue weighted by Crippen LogP contribution is 1.92. The first-order chi connectivity index (χ1) is 4.86. The summed E-state index contributed by atoms with van der Waals surface area (Å²) in [6.45, 7) is 2.01. The Bertz CT molecular complexity index is 219. The van der Waals surface area contributed by atoms with Crippen LogP contribution in [0.5, 0.6) is 0 Å². The molecule has 0 atom stereocenters. The van der Waals surface area contributed by atoms with Gasteiger partial charge in [0.1, 0.15) is 0 Å².